The Labute approximate surface area is 156 Å². The molecule has 0 aliphatic carbocycles. The van der Waals surface area contributed by atoms with Crippen molar-refractivity contribution in [2.24, 2.45) is 0 Å². The zero-order valence-electron chi connectivity index (χ0n) is 14.8. The zero-order valence-corrected chi connectivity index (χ0v) is 14.8. The summed E-state index contributed by atoms with van der Waals surface area (Å²) in [6, 6.07) is 10.4. The van der Waals surface area contributed by atoms with Crippen LogP contribution >= 0.6 is 0 Å². The minimum Gasteiger partial charge on any atom is -0.463 e. The van der Waals surface area contributed by atoms with Gasteiger partial charge >= 0.3 is 0 Å². The maximum absolute atomic E-state index is 13.0. The van der Waals surface area contributed by atoms with Crippen molar-refractivity contribution >= 4 is 5.91 Å². The van der Waals surface area contributed by atoms with Crippen molar-refractivity contribution in [2.45, 2.75) is 31.8 Å². The van der Waals surface area contributed by atoms with Crippen LogP contribution in [0.1, 0.15) is 30.9 Å². The average molecular weight is 364 g/mol. The molecule has 4 rings (SSSR count). The summed E-state index contributed by atoms with van der Waals surface area (Å²) in [5, 5.41) is 4.30. The Balaban J connectivity index is 1.58. The molecule has 3 aromatic rings. The summed E-state index contributed by atoms with van der Waals surface area (Å²) in [5.74, 6) is 0.442. The highest BCUT2D eigenvalue weighted by atomic mass is 16.3. The molecule has 0 saturated carbocycles. The van der Waals surface area contributed by atoms with Crippen molar-refractivity contribution in [1.82, 2.24) is 19.7 Å². The summed E-state index contributed by atoms with van der Waals surface area (Å²) < 4.78 is 6.53. The molecule has 0 aromatic carbocycles. The van der Waals surface area contributed by atoms with E-state index in [4.69, 9.17) is 4.42 Å². The molecule has 1 aliphatic rings. The number of nitrogens with zero attached hydrogens (tertiary/aromatic N) is 4. The Hall–Kier alpha value is -3.22. The third-order valence-corrected chi connectivity index (χ3v) is 4.82. The van der Waals surface area contributed by atoms with Crippen LogP contribution in [-0.2, 0) is 11.3 Å². The van der Waals surface area contributed by atoms with Crippen LogP contribution in [0.15, 0.2) is 64.3 Å². The number of likely N-dealkylation sites (tertiary alicyclic amines) is 1. The number of carbonyl (C=O) groups excluding carboxylic acids is 1. The molecule has 138 valence electrons. The van der Waals surface area contributed by atoms with Gasteiger partial charge in [-0.3, -0.25) is 14.6 Å². The van der Waals surface area contributed by atoms with Crippen molar-refractivity contribution in [1.29, 1.82) is 0 Å². The van der Waals surface area contributed by atoms with Crippen LogP contribution < -0.4 is 5.56 Å². The fourth-order valence-corrected chi connectivity index (χ4v) is 3.49. The first kappa shape index (κ1) is 17.2. The Morgan fingerprint density at radius 1 is 1.19 bits per heavy atom. The molecule has 1 atom stereocenters. The number of rotatable bonds is 4. The Morgan fingerprint density at radius 2 is 2.11 bits per heavy atom. The highest BCUT2D eigenvalue weighted by Gasteiger charge is 2.28. The zero-order chi connectivity index (χ0) is 18.6. The first-order valence-electron chi connectivity index (χ1n) is 9.04. The highest BCUT2D eigenvalue weighted by Crippen LogP contribution is 2.30. The molecule has 0 N–H and O–H groups in total. The maximum atomic E-state index is 13.0. The van der Waals surface area contributed by atoms with Crippen molar-refractivity contribution in [3.05, 3.63) is 71.0 Å². The number of amides is 1. The number of furan rings is 1. The summed E-state index contributed by atoms with van der Waals surface area (Å²) in [6.45, 7) is 0.579. The Kier molecular flexibility index (Phi) is 4.82. The van der Waals surface area contributed by atoms with Gasteiger partial charge in [0.2, 0.25) is 5.91 Å². The van der Waals surface area contributed by atoms with Crippen molar-refractivity contribution in [2.75, 3.05) is 6.54 Å². The molecule has 1 fully saturated rings. The summed E-state index contributed by atoms with van der Waals surface area (Å²) >= 11 is 0. The van der Waals surface area contributed by atoms with E-state index in [1.165, 1.54) is 10.7 Å². The van der Waals surface area contributed by atoms with E-state index in [1.54, 1.807) is 36.9 Å². The topological polar surface area (TPSA) is 81.2 Å². The normalized spacial score (nSPS) is 17.0. The molecule has 0 unspecified atom stereocenters. The smallest absolute Gasteiger partial charge is 0.267 e. The molecule has 0 radical (unpaired) electrons. The second kappa shape index (κ2) is 7.57. The van der Waals surface area contributed by atoms with E-state index in [0.29, 0.717) is 18.0 Å². The van der Waals surface area contributed by atoms with Gasteiger partial charge in [0.15, 0.2) is 5.76 Å². The number of aromatic nitrogens is 3. The van der Waals surface area contributed by atoms with Gasteiger partial charge in [0, 0.05) is 25.0 Å². The van der Waals surface area contributed by atoms with Crippen LogP contribution in [0.3, 0.4) is 0 Å². The second-order valence-electron chi connectivity index (χ2n) is 6.58. The fraction of sp³-hybridized carbons (Fsp3) is 0.300. The van der Waals surface area contributed by atoms with Crippen LogP contribution in [-0.4, -0.2) is 32.1 Å². The van der Waals surface area contributed by atoms with Gasteiger partial charge in [-0.25, -0.2) is 4.68 Å². The van der Waals surface area contributed by atoms with Crippen LogP contribution in [0.2, 0.25) is 0 Å². The molecule has 3 aromatic heterocycles. The van der Waals surface area contributed by atoms with E-state index in [2.05, 4.69) is 10.1 Å². The quantitative estimate of drug-likeness (QED) is 0.711. The monoisotopic (exact) mass is 364 g/mol. The second-order valence-corrected chi connectivity index (χ2v) is 6.58. The number of hydrogen-bond donors (Lipinski definition) is 0. The number of piperidine rings is 1. The van der Waals surface area contributed by atoms with E-state index < -0.39 is 0 Å². The summed E-state index contributed by atoms with van der Waals surface area (Å²) in [6.07, 6.45) is 7.99. The largest absolute Gasteiger partial charge is 0.463 e. The van der Waals surface area contributed by atoms with E-state index in [1.807, 2.05) is 17.0 Å². The third kappa shape index (κ3) is 3.67. The molecule has 27 heavy (non-hydrogen) atoms. The minimum absolute atomic E-state index is 0.0103. The molecule has 7 heteroatoms. The Morgan fingerprint density at radius 3 is 2.89 bits per heavy atom. The SMILES string of the molecule is O=C(Cn1nc(-c2ccco2)ccc1=O)N1CCCC[C@@H]1c1cccnc1. The molecule has 0 spiro atoms. The predicted molar refractivity (Wildman–Crippen MR) is 98.7 cm³/mol. The van der Waals surface area contributed by atoms with Gasteiger partial charge in [0.1, 0.15) is 12.2 Å². The number of pyridine rings is 1. The summed E-state index contributed by atoms with van der Waals surface area (Å²) in [7, 11) is 0. The van der Waals surface area contributed by atoms with E-state index >= 15 is 0 Å². The van der Waals surface area contributed by atoms with Crippen molar-refractivity contribution < 1.29 is 9.21 Å². The van der Waals surface area contributed by atoms with Crippen LogP contribution in [0.5, 0.6) is 0 Å². The maximum Gasteiger partial charge on any atom is 0.267 e. The van der Waals surface area contributed by atoms with Crippen molar-refractivity contribution in [3.8, 4) is 11.5 Å². The van der Waals surface area contributed by atoms with Crippen LogP contribution in [0.4, 0.5) is 0 Å². The molecular weight excluding hydrogens is 344 g/mol. The fourth-order valence-electron chi connectivity index (χ4n) is 3.49. The van der Waals surface area contributed by atoms with Crippen LogP contribution in [0, 0.1) is 0 Å². The van der Waals surface area contributed by atoms with Crippen molar-refractivity contribution in [3.63, 3.8) is 0 Å². The average Bonchev–Trinajstić information content (AvgIpc) is 3.25. The molecule has 1 aliphatic heterocycles. The van der Waals surface area contributed by atoms with E-state index in [0.717, 1.165) is 24.8 Å². The highest BCUT2D eigenvalue weighted by molar-refractivity contribution is 5.76. The number of hydrogen-bond acceptors (Lipinski definition) is 5. The number of carbonyl (C=O) groups is 1. The molecule has 4 heterocycles. The molecular formula is C20H20N4O3. The lowest BCUT2D eigenvalue weighted by molar-refractivity contribution is -0.136. The van der Waals surface area contributed by atoms with Gasteiger partial charge in [0.25, 0.3) is 5.56 Å². The van der Waals surface area contributed by atoms with Gasteiger partial charge in [-0.1, -0.05) is 6.07 Å². The van der Waals surface area contributed by atoms with Gasteiger partial charge in [-0.05, 0) is 49.1 Å². The van der Waals surface area contributed by atoms with Gasteiger partial charge in [-0.15, -0.1) is 0 Å². The Bertz CT molecular complexity index is 966. The van der Waals surface area contributed by atoms with Crippen LogP contribution in [0.25, 0.3) is 11.5 Å². The molecule has 0 bridgehead atoms. The standard InChI is InChI=1S/C20H20N4O3/c25-19-9-8-16(18-7-4-12-27-18)22-24(19)14-20(26)23-11-2-1-6-17(23)15-5-3-10-21-13-15/h3-5,7-10,12-13,17H,1-2,6,11,14H2/t17-/m1/s1. The lowest BCUT2D eigenvalue weighted by atomic mass is 9.96. The summed E-state index contributed by atoms with van der Waals surface area (Å²) in [5.41, 5.74) is 1.23. The first-order chi connectivity index (χ1) is 13.2. The lowest BCUT2D eigenvalue weighted by Gasteiger charge is -2.36. The minimum atomic E-state index is -0.311. The summed E-state index contributed by atoms with van der Waals surface area (Å²) in [4.78, 5) is 31.2. The van der Waals surface area contributed by atoms with E-state index in [-0.39, 0.29) is 24.1 Å². The lowest BCUT2D eigenvalue weighted by Crippen LogP contribution is -2.42. The molecule has 7 nitrogen and oxygen atoms in total. The van der Waals surface area contributed by atoms with E-state index in [9.17, 15) is 9.59 Å². The van der Waals surface area contributed by atoms with Gasteiger partial charge in [0.05, 0.1) is 12.3 Å². The third-order valence-electron chi connectivity index (χ3n) is 4.82. The molecule has 1 amide bonds. The first-order valence-corrected chi connectivity index (χ1v) is 9.04. The predicted octanol–water partition coefficient (Wildman–Crippen LogP) is 2.65. The molecule has 1 saturated heterocycles. The van der Waals surface area contributed by atoms with Gasteiger partial charge in [-0.2, -0.15) is 5.10 Å². The van der Waals surface area contributed by atoms with Gasteiger partial charge < -0.3 is 9.32 Å².